The molecule has 130 valence electrons. The molecule has 2 amide bonds. The maximum absolute atomic E-state index is 12.3. The predicted molar refractivity (Wildman–Crippen MR) is 91.4 cm³/mol. The quantitative estimate of drug-likeness (QED) is 0.774. The van der Waals surface area contributed by atoms with Crippen molar-refractivity contribution in [2.45, 2.75) is 25.8 Å². The lowest BCUT2D eigenvalue weighted by molar-refractivity contribution is -0.136. The molecule has 1 heterocycles. The number of nitrogens with one attached hydrogen (secondary N) is 2. The fourth-order valence-corrected chi connectivity index (χ4v) is 3.27. The molecule has 8 heteroatoms. The van der Waals surface area contributed by atoms with Gasteiger partial charge in [0.2, 0.25) is 0 Å². The smallest absolute Gasteiger partial charge is 0.337 e. The number of urea groups is 1. The average molecular weight is 373 g/mol. The molecule has 1 aromatic carbocycles. The van der Waals surface area contributed by atoms with E-state index in [0.717, 1.165) is 6.42 Å². The largest absolute Gasteiger partial charge is 0.494 e. The van der Waals surface area contributed by atoms with Crippen LogP contribution in [-0.2, 0) is 9.53 Å². The van der Waals surface area contributed by atoms with Crippen LogP contribution in [0.15, 0.2) is 23.4 Å². The Balaban J connectivity index is 2.59. The highest BCUT2D eigenvalue weighted by Gasteiger charge is 2.33. The Hall–Kier alpha value is -1.92. The van der Waals surface area contributed by atoms with Gasteiger partial charge >= 0.3 is 12.0 Å². The van der Waals surface area contributed by atoms with Gasteiger partial charge in [-0.2, -0.15) is 0 Å². The van der Waals surface area contributed by atoms with Crippen molar-refractivity contribution in [2.24, 2.45) is 0 Å². The maximum atomic E-state index is 12.3. The van der Waals surface area contributed by atoms with Crippen LogP contribution >= 0.6 is 23.2 Å². The predicted octanol–water partition coefficient (Wildman–Crippen LogP) is 3.58. The van der Waals surface area contributed by atoms with Crippen LogP contribution in [0, 0.1) is 0 Å². The molecule has 6 nitrogen and oxygen atoms in total. The van der Waals surface area contributed by atoms with Crippen LogP contribution in [0.25, 0.3) is 0 Å². The molecule has 0 bridgehead atoms. The number of ether oxygens (including phenoxy) is 2. The molecule has 0 saturated heterocycles. The van der Waals surface area contributed by atoms with Crippen molar-refractivity contribution in [1.82, 2.24) is 10.6 Å². The third-order valence-electron chi connectivity index (χ3n) is 3.62. The van der Waals surface area contributed by atoms with E-state index < -0.39 is 18.0 Å². The zero-order chi connectivity index (χ0) is 17.9. The molecule has 0 saturated carbocycles. The standard InChI is InChI=1S/C16H18Cl2N2O4/c1-4-5-11-12(15(21)24-3)13(20-16(22)19-11)8-6-9(17)14(23-2)10(18)7-8/h6-7,13H,4-5H2,1-3H3,(H2,19,20,22). The number of carbonyl (C=O) groups excluding carboxylic acids is 2. The first kappa shape index (κ1) is 18.4. The molecule has 1 atom stereocenters. The number of carbonyl (C=O) groups is 2. The van der Waals surface area contributed by atoms with Crippen LogP contribution in [0.1, 0.15) is 31.4 Å². The molecule has 1 aliphatic heterocycles. The van der Waals surface area contributed by atoms with E-state index in [-0.39, 0.29) is 10.0 Å². The second kappa shape index (κ2) is 7.77. The average Bonchev–Trinajstić information content (AvgIpc) is 2.53. The van der Waals surface area contributed by atoms with Crippen molar-refractivity contribution in [1.29, 1.82) is 0 Å². The van der Waals surface area contributed by atoms with Crippen LogP contribution in [0.5, 0.6) is 5.75 Å². The minimum absolute atomic E-state index is 0.286. The number of hydrogen-bond donors (Lipinski definition) is 2. The summed E-state index contributed by atoms with van der Waals surface area (Å²) in [6, 6.07) is 2.09. The minimum atomic E-state index is -0.714. The summed E-state index contributed by atoms with van der Waals surface area (Å²) in [5.41, 5.74) is 1.42. The van der Waals surface area contributed by atoms with Gasteiger partial charge < -0.3 is 20.1 Å². The topological polar surface area (TPSA) is 76.7 Å². The first-order chi connectivity index (χ1) is 11.4. The van der Waals surface area contributed by atoms with E-state index in [2.05, 4.69) is 10.6 Å². The summed E-state index contributed by atoms with van der Waals surface area (Å²) in [5, 5.41) is 5.96. The number of halogens is 2. The van der Waals surface area contributed by atoms with Crippen molar-refractivity contribution >= 4 is 35.2 Å². The molecular formula is C16H18Cl2N2O4. The first-order valence-corrected chi connectivity index (χ1v) is 8.10. The monoisotopic (exact) mass is 372 g/mol. The lowest BCUT2D eigenvalue weighted by Gasteiger charge is -2.29. The van der Waals surface area contributed by atoms with Crippen molar-refractivity contribution in [3.05, 3.63) is 39.0 Å². The fourth-order valence-electron chi connectivity index (χ4n) is 2.61. The number of hydrogen-bond acceptors (Lipinski definition) is 4. The number of methoxy groups -OCH3 is 2. The van der Waals surface area contributed by atoms with Gasteiger partial charge in [-0.1, -0.05) is 36.5 Å². The fraction of sp³-hybridized carbons (Fsp3) is 0.375. The van der Waals surface area contributed by atoms with Crippen molar-refractivity contribution in [3.63, 3.8) is 0 Å². The summed E-state index contributed by atoms with van der Waals surface area (Å²) in [4.78, 5) is 24.3. The van der Waals surface area contributed by atoms with Gasteiger partial charge in [-0.15, -0.1) is 0 Å². The van der Waals surface area contributed by atoms with Crippen LogP contribution in [0.2, 0.25) is 10.0 Å². The van der Waals surface area contributed by atoms with E-state index in [4.69, 9.17) is 32.7 Å². The molecule has 0 spiro atoms. The molecule has 1 aromatic rings. The van der Waals surface area contributed by atoms with Gasteiger partial charge in [-0.05, 0) is 24.1 Å². The number of amides is 2. The molecule has 0 radical (unpaired) electrons. The van der Waals surface area contributed by atoms with Crippen LogP contribution < -0.4 is 15.4 Å². The highest BCUT2D eigenvalue weighted by atomic mass is 35.5. The molecule has 2 rings (SSSR count). The Labute approximate surface area is 150 Å². The Kier molecular flexibility index (Phi) is 5.96. The van der Waals surface area contributed by atoms with Gasteiger partial charge in [0.25, 0.3) is 0 Å². The van der Waals surface area contributed by atoms with Gasteiger partial charge in [0, 0.05) is 5.70 Å². The lowest BCUT2D eigenvalue weighted by atomic mass is 9.93. The van der Waals surface area contributed by atoms with Crippen molar-refractivity contribution < 1.29 is 19.1 Å². The second-order valence-corrected chi connectivity index (χ2v) is 6.00. The van der Waals surface area contributed by atoms with Crippen molar-refractivity contribution in [3.8, 4) is 5.75 Å². The lowest BCUT2D eigenvalue weighted by Crippen LogP contribution is -2.45. The molecule has 0 fully saturated rings. The first-order valence-electron chi connectivity index (χ1n) is 7.34. The van der Waals surface area contributed by atoms with Gasteiger partial charge in [-0.25, -0.2) is 9.59 Å². The van der Waals surface area contributed by atoms with Crippen molar-refractivity contribution in [2.75, 3.05) is 14.2 Å². The molecule has 1 aliphatic rings. The summed E-state index contributed by atoms with van der Waals surface area (Å²) in [7, 11) is 2.75. The highest BCUT2D eigenvalue weighted by molar-refractivity contribution is 6.37. The summed E-state index contributed by atoms with van der Waals surface area (Å²) >= 11 is 12.4. The third-order valence-corrected chi connectivity index (χ3v) is 4.18. The highest BCUT2D eigenvalue weighted by Crippen LogP contribution is 2.38. The van der Waals surface area contributed by atoms with Crippen LogP contribution in [0.3, 0.4) is 0 Å². The van der Waals surface area contributed by atoms with Gasteiger partial charge in [0.1, 0.15) is 0 Å². The SMILES string of the molecule is CCCC1=C(C(=O)OC)C(c2cc(Cl)c(OC)c(Cl)c2)NC(=O)N1. The number of rotatable bonds is 5. The van der Waals surface area contributed by atoms with E-state index in [9.17, 15) is 9.59 Å². The second-order valence-electron chi connectivity index (χ2n) is 5.18. The Morgan fingerprint density at radius 3 is 2.38 bits per heavy atom. The zero-order valence-electron chi connectivity index (χ0n) is 13.5. The molecular weight excluding hydrogens is 355 g/mol. The number of benzene rings is 1. The summed E-state index contributed by atoms with van der Waals surface area (Å²) < 4.78 is 10.0. The summed E-state index contributed by atoms with van der Waals surface area (Å²) in [6.07, 6.45) is 1.29. The Morgan fingerprint density at radius 1 is 1.25 bits per heavy atom. The van der Waals surface area contributed by atoms with Crippen LogP contribution in [0.4, 0.5) is 4.79 Å². The van der Waals surface area contributed by atoms with E-state index in [1.54, 1.807) is 12.1 Å². The van der Waals surface area contributed by atoms with Crippen LogP contribution in [-0.4, -0.2) is 26.2 Å². The molecule has 2 N–H and O–H groups in total. The van der Waals surface area contributed by atoms with E-state index >= 15 is 0 Å². The third kappa shape index (κ3) is 3.60. The van der Waals surface area contributed by atoms with E-state index in [1.807, 2.05) is 6.92 Å². The molecule has 0 aliphatic carbocycles. The zero-order valence-corrected chi connectivity index (χ0v) is 15.0. The number of allylic oxidation sites excluding steroid dienone is 1. The molecule has 1 unspecified atom stereocenters. The molecule has 24 heavy (non-hydrogen) atoms. The Bertz CT molecular complexity index is 680. The van der Waals surface area contributed by atoms with E-state index in [1.165, 1.54) is 14.2 Å². The summed E-state index contributed by atoms with van der Waals surface area (Å²) in [5.74, 6) is -0.196. The number of esters is 1. The minimum Gasteiger partial charge on any atom is -0.494 e. The molecule has 0 aromatic heterocycles. The normalized spacial score (nSPS) is 17.2. The summed E-state index contributed by atoms with van der Waals surface area (Å²) in [6.45, 7) is 1.95. The van der Waals surface area contributed by atoms with E-state index in [0.29, 0.717) is 29.0 Å². The maximum Gasteiger partial charge on any atom is 0.337 e. The van der Waals surface area contributed by atoms with Gasteiger partial charge in [-0.3, -0.25) is 0 Å². The Morgan fingerprint density at radius 2 is 1.88 bits per heavy atom. The van der Waals surface area contributed by atoms with Gasteiger partial charge in [0.15, 0.2) is 5.75 Å². The van der Waals surface area contributed by atoms with Gasteiger partial charge in [0.05, 0.1) is 35.9 Å².